The van der Waals surface area contributed by atoms with Crippen LogP contribution in [0.3, 0.4) is 0 Å². The lowest BCUT2D eigenvalue weighted by molar-refractivity contribution is 0.0697. The Morgan fingerprint density at radius 2 is 1.94 bits per heavy atom. The zero-order valence-corrected chi connectivity index (χ0v) is 10.3. The van der Waals surface area contributed by atoms with Crippen molar-refractivity contribution in [3.05, 3.63) is 29.8 Å². The molecule has 0 saturated carbocycles. The van der Waals surface area contributed by atoms with E-state index >= 15 is 0 Å². The molecule has 0 heterocycles. The van der Waals surface area contributed by atoms with Gasteiger partial charge in [-0.1, -0.05) is 13.8 Å². The molecule has 0 fully saturated rings. The maximum atomic E-state index is 10.7. The highest BCUT2D eigenvalue weighted by Gasteiger charge is 2.10. The van der Waals surface area contributed by atoms with Crippen LogP contribution in [0.25, 0.3) is 0 Å². The number of aromatic carboxylic acids is 1. The zero-order chi connectivity index (χ0) is 12.8. The van der Waals surface area contributed by atoms with Crippen molar-refractivity contribution in [1.82, 2.24) is 0 Å². The van der Waals surface area contributed by atoms with Crippen molar-refractivity contribution in [3.63, 3.8) is 0 Å². The van der Waals surface area contributed by atoms with Crippen molar-refractivity contribution in [2.45, 2.75) is 13.8 Å². The first-order valence-corrected chi connectivity index (χ1v) is 5.82. The van der Waals surface area contributed by atoms with Gasteiger partial charge in [-0.2, -0.15) is 0 Å². The van der Waals surface area contributed by atoms with Gasteiger partial charge in [0.05, 0.1) is 5.56 Å². The van der Waals surface area contributed by atoms with Crippen LogP contribution in [0.1, 0.15) is 24.2 Å². The van der Waals surface area contributed by atoms with Crippen LogP contribution in [0.4, 0.5) is 5.69 Å². The predicted octanol–water partition coefficient (Wildman–Crippen LogP) is 2.03. The van der Waals surface area contributed by atoms with Crippen LogP contribution >= 0.6 is 0 Å². The minimum absolute atomic E-state index is 0.301. The van der Waals surface area contributed by atoms with Crippen molar-refractivity contribution in [2.24, 2.45) is 17.6 Å². The van der Waals surface area contributed by atoms with Crippen molar-refractivity contribution < 1.29 is 9.90 Å². The van der Waals surface area contributed by atoms with E-state index in [1.54, 1.807) is 24.3 Å². The summed E-state index contributed by atoms with van der Waals surface area (Å²) in [6, 6.07) is 6.74. The van der Waals surface area contributed by atoms with Crippen LogP contribution in [-0.4, -0.2) is 24.2 Å². The number of nitrogens with two attached hydrogens (primary N) is 1. The van der Waals surface area contributed by atoms with Gasteiger partial charge in [-0.25, -0.2) is 4.79 Å². The SMILES string of the molecule is CC(C)C(CN)CNc1ccc(C(=O)O)cc1. The van der Waals surface area contributed by atoms with Crippen LogP contribution in [0, 0.1) is 11.8 Å². The van der Waals surface area contributed by atoms with Crippen LogP contribution in [0.5, 0.6) is 0 Å². The molecule has 1 atom stereocenters. The molecule has 0 radical (unpaired) electrons. The van der Waals surface area contributed by atoms with E-state index in [4.69, 9.17) is 10.8 Å². The van der Waals surface area contributed by atoms with Gasteiger partial charge in [0.15, 0.2) is 0 Å². The molecule has 4 nitrogen and oxygen atoms in total. The third-order valence-electron chi connectivity index (χ3n) is 2.95. The van der Waals surface area contributed by atoms with Gasteiger partial charge in [-0.3, -0.25) is 0 Å². The van der Waals surface area contributed by atoms with E-state index in [1.165, 1.54) is 0 Å². The molecule has 94 valence electrons. The Kier molecular flexibility index (Phi) is 4.97. The van der Waals surface area contributed by atoms with Crippen LogP contribution in [0.15, 0.2) is 24.3 Å². The summed E-state index contributed by atoms with van der Waals surface area (Å²) in [4.78, 5) is 10.7. The highest BCUT2D eigenvalue weighted by molar-refractivity contribution is 5.87. The number of carboxylic acid groups (broad SMARTS) is 1. The molecule has 0 bridgehead atoms. The highest BCUT2D eigenvalue weighted by Crippen LogP contribution is 2.13. The molecule has 1 aromatic carbocycles. The Morgan fingerprint density at radius 3 is 2.35 bits per heavy atom. The quantitative estimate of drug-likeness (QED) is 0.706. The van der Waals surface area contributed by atoms with Crippen molar-refractivity contribution in [1.29, 1.82) is 0 Å². The van der Waals surface area contributed by atoms with Gasteiger partial charge >= 0.3 is 5.97 Å². The van der Waals surface area contributed by atoms with Gasteiger partial charge in [-0.15, -0.1) is 0 Å². The van der Waals surface area contributed by atoms with Crippen LogP contribution < -0.4 is 11.1 Å². The van der Waals surface area contributed by atoms with Crippen LogP contribution in [0.2, 0.25) is 0 Å². The molecule has 4 N–H and O–H groups in total. The minimum Gasteiger partial charge on any atom is -0.478 e. The monoisotopic (exact) mass is 236 g/mol. The molecule has 0 aromatic heterocycles. The second-order valence-corrected chi connectivity index (χ2v) is 4.50. The lowest BCUT2D eigenvalue weighted by Crippen LogP contribution is -2.27. The summed E-state index contributed by atoms with van der Waals surface area (Å²) in [5.74, 6) is 0.0542. The van der Waals surface area contributed by atoms with Crippen molar-refractivity contribution >= 4 is 11.7 Å². The van der Waals surface area contributed by atoms with E-state index < -0.39 is 5.97 Å². The fourth-order valence-corrected chi connectivity index (χ4v) is 1.57. The van der Waals surface area contributed by atoms with Crippen molar-refractivity contribution in [2.75, 3.05) is 18.4 Å². The molecule has 0 aliphatic heterocycles. The van der Waals surface area contributed by atoms with Gasteiger partial charge < -0.3 is 16.2 Å². The topological polar surface area (TPSA) is 75.3 Å². The molecular formula is C13H20N2O2. The Morgan fingerprint density at radius 1 is 1.35 bits per heavy atom. The Hall–Kier alpha value is -1.55. The molecule has 1 aromatic rings. The number of benzene rings is 1. The van der Waals surface area contributed by atoms with Gasteiger partial charge in [-0.05, 0) is 42.6 Å². The number of nitrogens with one attached hydrogen (secondary N) is 1. The normalized spacial score (nSPS) is 12.5. The molecule has 0 saturated heterocycles. The summed E-state index contributed by atoms with van der Waals surface area (Å²) < 4.78 is 0. The van der Waals surface area contributed by atoms with Gasteiger partial charge in [0.2, 0.25) is 0 Å². The Bertz CT molecular complexity index is 360. The minimum atomic E-state index is -0.904. The molecule has 0 aliphatic rings. The maximum Gasteiger partial charge on any atom is 0.335 e. The molecule has 0 spiro atoms. The second-order valence-electron chi connectivity index (χ2n) is 4.50. The largest absolute Gasteiger partial charge is 0.478 e. The van der Waals surface area contributed by atoms with E-state index in [0.29, 0.717) is 23.9 Å². The number of carboxylic acids is 1. The van der Waals surface area contributed by atoms with Crippen molar-refractivity contribution in [3.8, 4) is 0 Å². The molecule has 17 heavy (non-hydrogen) atoms. The fourth-order valence-electron chi connectivity index (χ4n) is 1.57. The van der Waals surface area contributed by atoms with E-state index in [2.05, 4.69) is 19.2 Å². The molecule has 1 rings (SSSR count). The summed E-state index contributed by atoms with van der Waals surface area (Å²) in [5, 5.41) is 12.0. The molecule has 0 aliphatic carbocycles. The smallest absolute Gasteiger partial charge is 0.335 e. The number of carbonyl (C=O) groups is 1. The molecule has 4 heteroatoms. The molecular weight excluding hydrogens is 216 g/mol. The number of hydrogen-bond donors (Lipinski definition) is 3. The number of hydrogen-bond acceptors (Lipinski definition) is 3. The maximum absolute atomic E-state index is 10.7. The average Bonchev–Trinajstić information content (AvgIpc) is 2.30. The average molecular weight is 236 g/mol. The third kappa shape index (κ3) is 4.07. The summed E-state index contributed by atoms with van der Waals surface area (Å²) in [5.41, 5.74) is 6.91. The lowest BCUT2D eigenvalue weighted by Gasteiger charge is -2.19. The van der Waals surface area contributed by atoms with E-state index in [9.17, 15) is 4.79 Å². The summed E-state index contributed by atoms with van der Waals surface area (Å²) in [7, 11) is 0. The standard InChI is InChI=1S/C13H20N2O2/c1-9(2)11(7-14)8-15-12-5-3-10(4-6-12)13(16)17/h3-6,9,11,15H,7-8,14H2,1-2H3,(H,16,17). The zero-order valence-electron chi connectivity index (χ0n) is 10.3. The summed E-state index contributed by atoms with van der Waals surface area (Å²) in [6.45, 7) is 5.75. The molecule has 0 amide bonds. The summed E-state index contributed by atoms with van der Waals surface area (Å²) >= 11 is 0. The Labute approximate surface area is 102 Å². The predicted molar refractivity (Wildman–Crippen MR) is 69.3 cm³/mol. The van der Waals surface area contributed by atoms with E-state index in [-0.39, 0.29) is 0 Å². The van der Waals surface area contributed by atoms with Crippen LogP contribution in [-0.2, 0) is 0 Å². The lowest BCUT2D eigenvalue weighted by atomic mass is 9.96. The van der Waals surface area contributed by atoms with E-state index in [0.717, 1.165) is 12.2 Å². The first kappa shape index (κ1) is 13.5. The highest BCUT2D eigenvalue weighted by atomic mass is 16.4. The number of anilines is 1. The van der Waals surface area contributed by atoms with Gasteiger partial charge in [0, 0.05) is 12.2 Å². The second kappa shape index (κ2) is 6.25. The Balaban J connectivity index is 2.55. The first-order valence-electron chi connectivity index (χ1n) is 5.82. The fraction of sp³-hybridized carbons (Fsp3) is 0.462. The van der Waals surface area contributed by atoms with Gasteiger partial charge in [0.1, 0.15) is 0 Å². The molecule has 1 unspecified atom stereocenters. The van der Waals surface area contributed by atoms with E-state index in [1.807, 2.05) is 0 Å². The summed E-state index contributed by atoms with van der Waals surface area (Å²) in [6.07, 6.45) is 0. The number of rotatable bonds is 6. The third-order valence-corrected chi connectivity index (χ3v) is 2.95. The van der Waals surface area contributed by atoms with Gasteiger partial charge in [0.25, 0.3) is 0 Å². The first-order chi connectivity index (χ1) is 8.04.